The number of ether oxygens (including phenoxy) is 2. The van der Waals surface area contributed by atoms with Crippen LogP contribution in [0.1, 0.15) is 25.3 Å². The molecule has 1 aromatic rings. The van der Waals surface area contributed by atoms with Gasteiger partial charge in [-0.2, -0.15) is 0 Å². The van der Waals surface area contributed by atoms with Crippen LogP contribution in [0, 0.1) is 0 Å². The van der Waals surface area contributed by atoms with E-state index in [1.54, 1.807) is 14.2 Å². The highest BCUT2D eigenvalue weighted by Gasteiger charge is 2.20. The molecular weight excluding hydrogens is 240 g/mol. The summed E-state index contributed by atoms with van der Waals surface area (Å²) in [5.41, 5.74) is 1.18. The molecule has 0 aliphatic heterocycles. The fraction of sp³-hybridized carbons (Fsp3) is 0.600. The van der Waals surface area contributed by atoms with Crippen molar-refractivity contribution < 1.29 is 9.47 Å². The lowest BCUT2D eigenvalue weighted by Crippen LogP contribution is -2.36. The third-order valence-electron chi connectivity index (χ3n) is 3.36. The summed E-state index contributed by atoms with van der Waals surface area (Å²) in [6, 6.07) is 7.19. The molecule has 1 unspecified atom stereocenters. The minimum atomic E-state index is 0.456. The topological polar surface area (TPSA) is 42.5 Å². The van der Waals surface area contributed by atoms with Crippen LogP contribution in [0.3, 0.4) is 0 Å². The van der Waals surface area contributed by atoms with E-state index in [2.05, 4.69) is 17.6 Å². The van der Waals surface area contributed by atoms with Gasteiger partial charge >= 0.3 is 0 Å². The quantitative estimate of drug-likeness (QED) is 0.753. The van der Waals surface area contributed by atoms with Gasteiger partial charge < -0.3 is 20.1 Å². The predicted octanol–water partition coefficient (Wildman–Crippen LogP) is 1.93. The van der Waals surface area contributed by atoms with E-state index in [1.807, 2.05) is 18.2 Å². The molecule has 1 saturated carbocycles. The van der Waals surface area contributed by atoms with Crippen molar-refractivity contribution in [2.24, 2.45) is 0 Å². The highest BCUT2D eigenvalue weighted by atomic mass is 16.5. The highest BCUT2D eigenvalue weighted by Crippen LogP contribution is 2.22. The van der Waals surface area contributed by atoms with E-state index in [9.17, 15) is 0 Å². The second-order valence-corrected chi connectivity index (χ2v) is 5.19. The average molecular weight is 264 g/mol. The zero-order valence-electron chi connectivity index (χ0n) is 12.0. The van der Waals surface area contributed by atoms with Crippen LogP contribution in [0.15, 0.2) is 18.2 Å². The Labute approximate surface area is 115 Å². The molecule has 0 spiro atoms. The summed E-state index contributed by atoms with van der Waals surface area (Å²) in [5, 5.41) is 7.04. The van der Waals surface area contributed by atoms with Crippen molar-refractivity contribution in [2.45, 2.75) is 38.4 Å². The molecule has 1 aliphatic carbocycles. The Morgan fingerprint density at radius 3 is 2.32 bits per heavy atom. The van der Waals surface area contributed by atoms with Crippen molar-refractivity contribution in [1.29, 1.82) is 0 Å². The van der Waals surface area contributed by atoms with Gasteiger partial charge in [-0.05, 0) is 37.5 Å². The number of methoxy groups -OCH3 is 2. The molecule has 0 aromatic heterocycles. The van der Waals surface area contributed by atoms with E-state index in [0.717, 1.165) is 30.6 Å². The van der Waals surface area contributed by atoms with Crippen molar-refractivity contribution in [3.63, 3.8) is 0 Å². The predicted molar refractivity (Wildman–Crippen MR) is 76.9 cm³/mol. The first kappa shape index (κ1) is 14.2. The Bertz CT molecular complexity index is 383. The maximum atomic E-state index is 5.27. The molecule has 19 heavy (non-hydrogen) atoms. The van der Waals surface area contributed by atoms with E-state index in [4.69, 9.17) is 9.47 Å². The molecule has 0 heterocycles. The lowest BCUT2D eigenvalue weighted by Gasteiger charge is -2.15. The molecule has 1 aliphatic rings. The minimum absolute atomic E-state index is 0.456. The second kappa shape index (κ2) is 6.78. The number of hydrogen-bond acceptors (Lipinski definition) is 4. The van der Waals surface area contributed by atoms with E-state index in [-0.39, 0.29) is 0 Å². The van der Waals surface area contributed by atoms with Gasteiger partial charge in [0.25, 0.3) is 0 Å². The standard InChI is InChI=1S/C15H24N2O2/c1-11(9-17-13-4-5-13)16-10-12-6-14(18-2)8-15(7-12)19-3/h6-8,11,13,16-17H,4-5,9-10H2,1-3H3. The van der Waals surface area contributed by atoms with Gasteiger partial charge in [0, 0.05) is 31.2 Å². The first-order valence-electron chi connectivity index (χ1n) is 6.90. The van der Waals surface area contributed by atoms with Gasteiger partial charge in [-0.1, -0.05) is 0 Å². The first-order valence-corrected chi connectivity index (χ1v) is 6.90. The summed E-state index contributed by atoms with van der Waals surface area (Å²) in [6.45, 7) is 4.04. The molecule has 106 valence electrons. The van der Waals surface area contributed by atoms with Crippen molar-refractivity contribution in [3.05, 3.63) is 23.8 Å². The maximum Gasteiger partial charge on any atom is 0.122 e. The maximum absolute atomic E-state index is 5.27. The molecule has 2 N–H and O–H groups in total. The third kappa shape index (κ3) is 4.73. The summed E-state index contributed by atoms with van der Waals surface area (Å²) in [6.07, 6.45) is 2.67. The van der Waals surface area contributed by atoms with Crippen molar-refractivity contribution in [2.75, 3.05) is 20.8 Å². The summed E-state index contributed by atoms with van der Waals surface area (Å²) in [4.78, 5) is 0. The molecule has 4 nitrogen and oxygen atoms in total. The lowest BCUT2D eigenvalue weighted by molar-refractivity contribution is 0.392. The van der Waals surface area contributed by atoms with Crippen LogP contribution >= 0.6 is 0 Å². The zero-order valence-corrected chi connectivity index (χ0v) is 12.0. The molecule has 0 bridgehead atoms. The molecular formula is C15H24N2O2. The van der Waals surface area contributed by atoms with E-state index >= 15 is 0 Å². The molecule has 0 amide bonds. The van der Waals surface area contributed by atoms with Crippen LogP contribution in [-0.4, -0.2) is 32.8 Å². The number of nitrogens with one attached hydrogen (secondary N) is 2. The SMILES string of the molecule is COc1cc(CNC(C)CNC2CC2)cc(OC)c1. The lowest BCUT2D eigenvalue weighted by atomic mass is 10.2. The van der Waals surface area contributed by atoms with Gasteiger partial charge in [0.05, 0.1) is 14.2 Å². The van der Waals surface area contributed by atoms with Crippen LogP contribution in [0.4, 0.5) is 0 Å². The monoisotopic (exact) mass is 264 g/mol. The molecule has 1 aromatic carbocycles. The Morgan fingerprint density at radius 2 is 1.79 bits per heavy atom. The largest absolute Gasteiger partial charge is 0.497 e. The fourth-order valence-electron chi connectivity index (χ4n) is 1.96. The highest BCUT2D eigenvalue weighted by molar-refractivity contribution is 5.38. The first-order chi connectivity index (χ1) is 9.21. The number of hydrogen-bond donors (Lipinski definition) is 2. The van der Waals surface area contributed by atoms with Crippen molar-refractivity contribution in [1.82, 2.24) is 10.6 Å². The summed E-state index contributed by atoms with van der Waals surface area (Å²) in [5.74, 6) is 1.67. The van der Waals surface area contributed by atoms with E-state index in [0.29, 0.717) is 6.04 Å². The van der Waals surface area contributed by atoms with Crippen molar-refractivity contribution >= 4 is 0 Å². The Kier molecular flexibility index (Phi) is 5.05. The molecule has 0 saturated heterocycles. The van der Waals surface area contributed by atoms with Gasteiger partial charge in [0.2, 0.25) is 0 Å². The normalized spacial score (nSPS) is 16.2. The molecule has 2 rings (SSSR count). The summed E-state index contributed by atoms with van der Waals surface area (Å²) in [7, 11) is 3.35. The number of benzene rings is 1. The third-order valence-corrected chi connectivity index (χ3v) is 3.36. The fourth-order valence-corrected chi connectivity index (χ4v) is 1.96. The Morgan fingerprint density at radius 1 is 1.16 bits per heavy atom. The van der Waals surface area contributed by atoms with Gasteiger partial charge in [-0.25, -0.2) is 0 Å². The molecule has 1 atom stereocenters. The Hall–Kier alpha value is -1.26. The zero-order chi connectivity index (χ0) is 13.7. The van der Waals surface area contributed by atoms with Crippen LogP contribution in [0.25, 0.3) is 0 Å². The summed E-state index contributed by atoms with van der Waals surface area (Å²) < 4.78 is 10.5. The molecule has 1 fully saturated rings. The molecule has 4 heteroatoms. The van der Waals surface area contributed by atoms with Gasteiger partial charge in [0.1, 0.15) is 11.5 Å². The van der Waals surface area contributed by atoms with Crippen molar-refractivity contribution in [3.8, 4) is 11.5 Å². The minimum Gasteiger partial charge on any atom is -0.497 e. The van der Waals surface area contributed by atoms with E-state index in [1.165, 1.54) is 18.4 Å². The Balaban J connectivity index is 1.83. The number of rotatable bonds is 8. The van der Waals surface area contributed by atoms with Crippen LogP contribution in [0.5, 0.6) is 11.5 Å². The van der Waals surface area contributed by atoms with Gasteiger partial charge in [-0.15, -0.1) is 0 Å². The van der Waals surface area contributed by atoms with Crippen LogP contribution in [0.2, 0.25) is 0 Å². The second-order valence-electron chi connectivity index (χ2n) is 5.19. The van der Waals surface area contributed by atoms with E-state index < -0.39 is 0 Å². The smallest absolute Gasteiger partial charge is 0.122 e. The van der Waals surface area contributed by atoms with Gasteiger partial charge in [0.15, 0.2) is 0 Å². The van der Waals surface area contributed by atoms with Gasteiger partial charge in [-0.3, -0.25) is 0 Å². The average Bonchev–Trinajstić information content (AvgIpc) is 3.26. The molecule has 0 radical (unpaired) electrons. The van der Waals surface area contributed by atoms with Crippen LogP contribution in [-0.2, 0) is 6.54 Å². The summed E-state index contributed by atoms with van der Waals surface area (Å²) >= 11 is 0. The van der Waals surface area contributed by atoms with Crippen LogP contribution < -0.4 is 20.1 Å².